The van der Waals surface area contributed by atoms with Gasteiger partial charge in [-0.1, -0.05) is 78.1 Å². The van der Waals surface area contributed by atoms with E-state index in [1.807, 2.05) is 0 Å². The number of rotatable bonds is 9. The van der Waals surface area contributed by atoms with Gasteiger partial charge in [-0.15, -0.1) is 0 Å². The Morgan fingerprint density at radius 2 is 1.67 bits per heavy atom. The predicted octanol–water partition coefficient (Wildman–Crippen LogP) is 5.56. The fourth-order valence-corrected chi connectivity index (χ4v) is 2.69. The lowest BCUT2D eigenvalue weighted by atomic mass is 9.78. The van der Waals surface area contributed by atoms with Gasteiger partial charge in [0, 0.05) is 0 Å². The maximum absolute atomic E-state index is 2.46. The van der Waals surface area contributed by atoms with Crippen LogP contribution in [0, 0.1) is 11.8 Å². The SMILES string of the molecule is CCCCCCCCC(C)CC1CCC1. The molecule has 0 aromatic carbocycles. The van der Waals surface area contributed by atoms with E-state index in [1.54, 1.807) is 0 Å². The lowest BCUT2D eigenvalue weighted by Crippen LogP contribution is -2.14. The summed E-state index contributed by atoms with van der Waals surface area (Å²) in [7, 11) is 0. The molecular weight excluding hydrogens is 180 g/mol. The molecule has 0 aromatic heterocycles. The molecular formula is C15H30. The molecule has 0 heteroatoms. The van der Waals surface area contributed by atoms with E-state index in [9.17, 15) is 0 Å². The van der Waals surface area contributed by atoms with Crippen molar-refractivity contribution in [2.24, 2.45) is 11.8 Å². The summed E-state index contributed by atoms with van der Waals surface area (Å²) in [6.07, 6.45) is 16.3. The Morgan fingerprint density at radius 3 is 2.27 bits per heavy atom. The average molecular weight is 210 g/mol. The van der Waals surface area contributed by atoms with Crippen LogP contribution in [0.2, 0.25) is 0 Å². The van der Waals surface area contributed by atoms with Crippen LogP contribution in [0.4, 0.5) is 0 Å². The lowest BCUT2D eigenvalue weighted by Gasteiger charge is -2.28. The molecule has 1 atom stereocenters. The van der Waals surface area contributed by atoms with Gasteiger partial charge in [-0.3, -0.25) is 0 Å². The third-order valence-corrected chi connectivity index (χ3v) is 4.01. The fraction of sp³-hybridized carbons (Fsp3) is 1.00. The molecule has 0 spiro atoms. The minimum absolute atomic E-state index is 1.00. The molecule has 1 aliphatic rings. The highest BCUT2D eigenvalue weighted by molar-refractivity contribution is 4.71. The van der Waals surface area contributed by atoms with E-state index in [0.29, 0.717) is 0 Å². The van der Waals surface area contributed by atoms with Crippen molar-refractivity contribution in [3.63, 3.8) is 0 Å². The van der Waals surface area contributed by atoms with Crippen molar-refractivity contribution in [3.05, 3.63) is 0 Å². The quantitative estimate of drug-likeness (QED) is 0.437. The summed E-state index contributed by atoms with van der Waals surface area (Å²) < 4.78 is 0. The number of hydrogen-bond acceptors (Lipinski definition) is 0. The van der Waals surface area contributed by atoms with Gasteiger partial charge in [0.05, 0.1) is 0 Å². The van der Waals surface area contributed by atoms with Crippen LogP contribution in [-0.4, -0.2) is 0 Å². The highest BCUT2D eigenvalue weighted by Gasteiger charge is 2.19. The smallest absolute Gasteiger partial charge is 0.0412 e. The van der Waals surface area contributed by atoms with Crippen LogP contribution in [-0.2, 0) is 0 Å². The largest absolute Gasteiger partial charge is 0.0654 e. The van der Waals surface area contributed by atoms with Crippen molar-refractivity contribution in [1.82, 2.24) is 0 Å². The average Bonchev–Trinajstić information content (AvgIpc) is 2.17. The molecule has 1 aliphatic carbocycles. The Morgan fingerprint density at radius 1 is 1.00 bits per heavy atom. The van der Waals surface area contributed by atoms with E-state index < -0.39 is 0 Å². The van der Waals surface area contributed by atoms with Gasteiger partial charge >= 0.3 is 0 Å². The third-order valence-electron chi connectivity index (χ3n) is 4.01. The zero-order valence-corrected chi connectivity index (χ0v) is 10.9. The first-order valence-electron chi connectivity index (χ1n) is 7.33. The Hall–Kier alpha value is 0. The van der Waals surface area contributed by atoms with Crippen molar-refractivity contribution in [2.45, 2.75) is 84.5 Å². The van der Waals surface area contributed by atoms with E-state index in [1.165, 1.54) is 70.6 Å². The Balaban J connectivity index is 1.81. The van der Waals surface area contributed by atoms with Crippen molar-refractivity contribution in [2.75, 3.05) is 0 Å². The van der Waals surface area contributed by atoms with Crippen LogP contribution < -0.4 is 0 Å². The highest BCUT2D eigenvalue weighted by atomic mass is 14.2. The summed E-state index contributed by atoms with van der Waals surface area (Å²) in [5.41, 5.74) is 0. The van der Waals surface area contributed by atoms with Gasteiger partial charge in [0.25, 0.3) is 0 Å². The second-order valence-corrected chi connectivity index (χ2v) is 5.69. The summed E-state index contributed by atoms with van der Waals surface area (Å²) in [4.78, 5) is 0. The fourth-order valence-electron chi connectivity index (χ4n) is 2.69. The zero-order chi connectivity index (χ0) is 10.9. The van der Waals surface area contributed by atoms with Crippen LogP contribution in [0.1, 0.15) is 84.5 Å². The van der Waals surface area contributed by atoms with Gasteiger partial charge in [0.15, 0.2) is 0 Å². The summed E-state index contributed by atoms with van der Waals surface area (Å²) in [5, 5.41) is 0. The molecule has 0 aliphatic heterocycles. The zero-order valence-electron chi connectivity index (χ0n) is 10.9. The molecule has 0 aromatic rings. The molecule has 1 rings (SSSR count). The maximum Gasteiger partial charge on any atom is -0.0412 e. The standard InChI is InChI=1S/C15H30/c1-3-4-5-6-7-8-10-14(2)13-15-11-9-12-15/h14-15H,3-13H2,1-2H3. The second-order valence-electron chi connectivity index (χ2n) is 5.69. The third kappa shape index (κ3) is 6.22. The summed E-state index contributed by atoms with van der Waals surface area (Å²) >= 11 is 0. The van der Waals surface area contributed by atoms with E-state index in [0.717, 1.165) is 11.8 Å². The van der Waals surface area contributed by atoms with Crippen LogP contribution in [0.5, 0.6) is 0 Å². The Labute approximate surface area is 96.8 Å². The topological polar surface area (TPSA) is 0 Å². The van der Waals surface area contributed by atoms with Crippen LogP contribution in [0.25, 0.3) is 0 Å². The molecule has 15 heavy (non-hydrogen) atoms. The van der Waals surface area contributed by atoms with Crippen molar-refractivity contribution >= 4 is 0 Å². The molecule has 0 bridgehead atoms. The summed E-state index contributed by atoms with van der Waals surface area (Å²) in [6, 6.07) is 0. The van der Waals surface area contributed by atoms with Crippen molar-refractivity contribution in [3.8, 4) is 0 Å². The molecule has 1 unspecified atom stereocenters. The second kappa shape index (κ2) is 8.19. The van der Waals surface area contributed by atoms with Gasteiger partial charge in [-0.2, -0.15) is 0 Å². The van der Waals surface area contributed by atoms with Gasteiger partial charge in [-0.25, -0.2) is 0 Å². The van der Waals surface area contributed by atoms with Crippen LogP contribution >= 0.6 is 0 Å². The van der Waals surface area contributed by atoms with E-state index >= 15 is 0 Å². The lowest BCUT2D eigenvalue weighted by molar-refractivity contribution is 0.248. The van der Waals surface area contributed by atoms with Gasteiger partial charge in [0.1, 0.15) is 0 Å². The minimum Gasteiger partial charge on any atom is -0.0654 e. The van der Waals surface area contributed by atoms with Gasteiger partial charge < -0.3 is 0 Å². The van der Waals surface area contributed by atoms with Crippen LogP contribution in [0.3, 0.4) is 0 Å². The molecule has 0 radical (unpaired) electrons. The summed E-state index contributed by atoms with van der Waals surface area (Å²) in [6.45, 7) is 4.76. The Bertz CT molecular complexity index is 135. The van der Waals surface area contributed by atoms with Gasteiger partial charge in [0.2, 0.25) is 0 Å². The van der Waals surface area contributed by atoms with E-state index in [4.69, 9.17) is 0 Å². The highest BCUT2D eigenvalue weighted by Crippen LogP contribution is 2.33. The molecule has 0 heterocycles. The minimum atomic E-state index is 1.00. The van der Waals surface area contributed by atoms with Crippen molar-refractivity contribution in [1.29, 1.82) is 0 Å². The first kappa shape index (κ1) is 13.1. The Kier molecular flexibility index (Phi) is 7.13. The molecule has 0 saturated heterocycles. The van der Waals surface area contributed by atoms with Crippen LogP contribution in [0.15, 0.2) is 0 Å². The molecule has 0 nitrogen and oxygen atoms in total. The van der Waals surface area contributed by atoms with Crippen molar-refractivity contribution < 1.29 is 0 Å². The van der Waals surface area contributed by atoms with E-state index in [2.05, 4.69) is 13.8 Å². The predicted molar refractivity (Wildman–Crippen MR) is 69.1 cm³/mol. The molecule has 0 N–H and O–H groups in total. The van der Waals surface area contributed by atoms with E-state index in [-0.39, 0.29) is 0 Å². The first-order valence-corrected chi connectivity index (χ1v) is 7.33. The first-order chi connectivity index (χ1) is 7.33. The molecule has 90 valence electrons. The number of unbranched alkanes of at least 4 members (excludes halogenated alkanes) is 5. The molecule has 0 amide bonds. The summed E-state index contributed by atoms with van der Waals surface area (Å²) in [5.74, 6) is 2.11. The number of hydrogen-bond donors (Lipinski definition) is 0. The maximum atomic E-state index is 2.46. The monoisotopic (exact) mass is 210 g/mol. The molecule has 1 saturated carbocycles. The van der Waals surface area contributed by atoms with Gasteiger partial charge in [-0.05, 0) is 18.3 Å². The normalized spacial score (nSPS) is 18.8. The molecule has 1 fully saturated rings.